The zero-order chi connectivity index (χ0) is 20.2. The maximum atomic E-state index is 13.1. The normalized spacial score (nSPS) is 13.2. The Morgan fingerprint density at radius 1 is 1.03 bits per heavy atom. The van der Waals surface area contributed by atoms with Crippen molar-refractivity contribution in [1.29, 1.82) is 0 Å². The Labute approximate surface area is 173 Å². The Hall–Kier alpha value is -3.19. The van der Waals surface area contributed by atoms with Crippen molar-refractivity contribution in [3.8, 4) is 0 Å². The molecule has 4 aromatic heterocycles. The molecular weight excluding hydrogens is 382 g/mol. The maximum Gasteiger partial charge on any atom is 0.224 e. The van der Waals surface area contributed by atoms with Gasteiger partial charge in [0.15, 0.2) is 5.78 Å². The number of hydrogen-bond acceptors (Lipinski definition) is 7. The van der Waals surface area contributed by atoms with Crippen molar-refractivity contribution in [2.24, 2.45) is 0 Å². The lowest BCUT2D eigenvalue weighted by molar-refractivity contribution is 0.0972. The van der Waals surface area contributed by atoms with Crippen LogP contribution in [0.5, 0.6) is 0 Å². The highest BCUT2D eigenvalue weighted by Crippen LogP contribution is 2.28. The highest BCUT2D eigenvalue weighted by Gasteiger charge is 2.20. The van der Waals surface area contributed by atoms with Crippen LogP contribution in [-0.2, 0) is 0 Å². The van der Waals surface area contributed by atoms with Crippen LogP contribution in [0, 0.1) is 0 Å². The van der Waals surface area contributed by atoms with Gasteiger partial charge in [-0.15, -0.1) is 11.3 Å². The Morgan fingerprint density at radius 3 is 2.45 bits per heavy atom. The second-order valence-corrected chi connectivity index (χ2v) is 7.91. The van der Waals surface area contributed by atoms with Crippen LogP contribution in [0.15, 0.2) is 60.5 Å². The van der Waals surface area contributed by atoms with E-state index in [2.05, 4.69) is 25.3 Å². The van der Waals surface area contributed by atoms with Crippen LogP contribution in [0.25, 0.3) is 10.2 Å². The smallest absolute Gasteiger partial charge is 0.224 e. The van der Waals surface area contributed by atoms with Crippen molar-refractivity contribution in [1.82, 2.24) is 19.9 Å². The van der Waals surface area contributed by atoms with Gasteiger partial charge >= 0.3 is 0 Å². The predicted octanol–water partition coefficient (Wildman–Crippen LogP) is 5.03. The molecule has 7 heteroatoms. The molecular formula is C22H21N5OS. The first-order valence-corrected chi connectivity index (χ1v) is 10.3. The number of ketones is 1. The summed E-state index contributed by atoms with van der Waals surface area (Å²) in [6.45, 7) is 4.05. The molecule has 0 aliphatic rings. The molecule has 0 spiro atoms. The minimum absolute atomic E-state index is 0.00767. The number of hydrogen-bond donors (Lipinski definition) is 1. The van der Waals surface area contributed by atoms with E-state index in [1.165, 1.54) is 11.3 Å². The molecule has 0 bridgehead atoms. The molecule has 0 radical (unpaired) electrons. The summed E-state index contributed by atoms with van der Waals surface area (Å²) in [5.74, 6) is 0.518. The number of fused-ring (bicyclic) bond motifs is 1. The highest BCUT2D eigenvalue weighted by molar-refractivity contribution is 7.17. The zero-order valence-electron chi connectivity index (χ0n) is 16.2. The first-order chi connectivity index (χ1) is 14.1. The average molecular weight is 404 g/mol. The van der Waals surface area contributed by atoms with Gasteiger partial charge in [-0.25, -0.2) is 9.97 Å². The molecule has 29 heavy (non-hydrogen) atoms. The molecule has 0 fully saturated rings. The van der Waals surface area contributed by atoms with Gasteiger partial charge in [0.1, 0.15) is 5.69 Å². The number of nitrogens with zero attached hydrogens (tertiary/aromatic N) is 4. The van der Waals surface area contributed by atoms with E-state index in [1.807, 2.05) is 55.8 Å². The Bertz CT molecular complexity index is 1110. The summed E-state index contributed by atoms with van der Waals surface area (Å²) in [5, 5.41) is 5.24. The molecule has 0 saturated carbocycles. The second kappa shape index (κ2) is 8.45. The molecule has 0 amide bonds. The molecule has 1 N–H and O–H groups in total. The minimum Gasteiger partial charge on any atom is -0.348 e. The maximum absolute atomic E-state index is 13.1. The van der Waals surface area contributed by atoms with E-state index in [-0.39, 0.29) is 17.7 Å². The second-order valence-electron chi connectivity index (χ2n) is 7.00. The fourth-order valence-electron chi connectivity index (χ4n) is 3.19. The number of aromatic nitrogens is 4. The summed E-state index contributed by atoms with van der Waals surface area (Å²) in [6, 6.07) is 9.66. The fraction of sp³-hybridized carbons (Fsp3) is 0.227. The average Bonchev–Trinajstić information content (AvgIpc) is 3.23. The topological polar surface area (TPSA) is 80.7 Å². The number of carbonyl (C=O) groups excluding carboxylic acids is 1. The van der Waals surface area contributed by atoms with Crippen LogP contribution in [0.1, 0.15) is 53.8 Å². The van der Waals surface area contributed by atoms with Crippen LogP contribution in [-0.4, -0.2) is 25.7 Å². The Morgan fingerprint density at radius 2 is 1.76 bits per heavy atom. The minimum atomic E-state index is -0.0305. The third-order valence-electron chi connectivity index (χ3n) is 4.84. The first kappa shape index (κ1) is 19.1. The molecule has 146 valence electrons. The first-order valence-electron chi connectivity index (χ1n) is 9.46. The van der Waals surface area contributed by atoms with Crippen molar-refractivity contribution in [2.75, 3.05) is 5.32 Å². The van der Waals surface area contributed by atoms with Crippen molar-refractivity contribution in [2.45, 2.75) is 32.2 Å². The Kier molecular flexibility index (Phi) is 5.57. The van der Waals surface area contributed by atoms with Gasteiger partial charge in [-0.2, -0.15) is 0 Å². The summed E-state index contributed by atoms with van der Waals surface area (Å²) in [5.41, 5.74) is 3.32. The molecule has 2 atom stereocenters. The van der Waals surface area contributed by atoms with Crippen molar-refractivity contribution in [3.05, 3.63) is 77.3 Å². The van der Waals surface area contributed by atoms with E-state index in [4.69, 9.17) is 0 Å². The van der Waals surface area contributed by atoms with Gasteiger partial charge in [-0.3, -0.25) is 14.8 Å². The molecule has 4 rings (SSSR count). The van der Waals surface area contributed by atoms with E-state index in [9.17, 15) is 4.79 Å². The Balaban J connectivity index is 1.60. The summed E-state index contributed by atoms with van der Waals surface area (Å²) in [6.07, 6.45) is 7.46. The van der Waals surface area contributed by atoms with E-state index in [0.717, 1.165) is 21.3 Å². The number of Topliss-reactive ketones (excluding diaryl/α,β-unsaturated/α-hetero) is 1. The van der Waals surface area contributed by atoms with Gasteiger partial charge in [0, 0.05) is 31.2 Å². The zero-order valence-corrected chi connectivity index (χ0v) is 17.1. The number of carbonyl (C=O) groups is 1. The standard InChI is InChI=1S/C22H21N5OS/c1-14(16-5-3-8-23-12-16)11-19(28)20-21-18(7-10-29-21)26-22(27-20)25-15(2)17-6-4-9-24-13-17/h3-10,12-15H,11H2,1-2H3,(H,25,26,27)/t14-,15+/m1/s1. The summed E-state index contributed by atoms with van der Waals surface area (Å²) in [7, 11) is 0. The third-order valence-corrected chi connectivity index (χ3v) is 5.75. The van der Waals surface area contributed by atoms with Gasteiger partial charge in [-0.1, -0.05) is 19.1 Å². The molecule has 4 heterocycles. The lowest BCUT2D eigenvalue weighted by Gasteiger charge is -2.15. The van der Waals surface area contributed by atoms with Crippen molar-refractivity contribution >= 4 is 33.3 Å². The molecule has 6 nitrogen and oxygen atoms in total. The number of pyridine rings is 2. The number of rotatable bonds is 7. The fourth-order valence-corrected chi connectivity index (χ4v) is 4.02. The summed E-state index contributed by atoms with van der Waals surface area (Å²) < 4.78 is 0.827. The number of nitrogens with one attached hydrogen (secondary N) is 1. The van der Waals surface area contributed by atoms with Crippen LogP contribution < -0.4 is 5.32 Å². The van der Waals surface area contributed by atoms with Crippen LogP contribution in [0.3, 0.4) is 0 Å². The molecule has 4 aromatic rings. The van der Waals surface area contributed by atoms with Gasteiger partial charge in [0.2, 0.25) is 5.95 Å². The molecule has 0 aromatic carbocycles. The molecule has 0 aliphatic carbocycles. The highest BCUT2D eigenvalue weighted by atomic mass is 32.1. The molecule has 0 unspecified atom stereocenters. The largest absolute Gasteiger partial charge is 0.348 e. The van der Waals surface area contributed by atoms with Crippen molar-refractivity contribution < 1.29 is 4.79 Å². The third kappa shape index (κ3) is 4.30. The van der Waals surface area contributed by atoms with Gasteiger partial charge in [0.25, 0.3) is 0 Å². The van der Waals surface area contributed by atoms with Crippen LogP contribution in [0.4, 0.5) is 5.95 Å². The number of thiophene rings is 1. The SMILES string of the molecule is C[C@H](CC(=O)c1nc(N[C@@H](C)c2cccnc2)nc2ccsc12)c1cccnc1. The van der Waals surface area contributed by atoms with Gasteiger partial charge in [-0.05, 0) is 47.5 Å². The van der Waals surface area contributed by atoms with Crippen molar-refractivity contribution in [3.63, 3.8) is 0 Å². The monoisotopic (exact) mass is 403 g/mol. The summed E-state index contributed by atoms with van der Waals surface area (Å²) >= 11 is 1.49. The quantitative estimate of drug-likeness (QED) is 0.436. The van der Waals surface area contributed by atoms with Gasteiger partial charge < -0.3 is 5.32 Å². The van der Waals surface area contributed by atoms with E-state index in [1.54, 1.807) is 18.6 Å². The van der Waals surface area contributed by atoms with Gasteiger partial charge in [0.05, 0.1) is 16.3 Å². The van der Waals surface area contributed by atoms with E-state index < -0.39 is 0 Å². The lowest BCUT2D eigenvalue weighted by atomic mass is 9.96. The van der Waals surface area contributed by atoms with E-state index in [0.29, 0.717) is 18.1 Å². The predicted molar refractivity (Wildman–Crippen MR) is 115 cm³/mol. The lowest BCUT2D eigenvalue weighted by Crippen LogP contribution is -2.13. The molecule has 0 saturated heterocycles. The van der Waals surface area contributed by atoms with Crippen LogP contribution >= 0.6 is 11.3 Å². The summed E-state index contributed by atoms with van der Waals surface area (Å²) in [4.78, 5) is 30.6. The number of anilines is 1. The molecule has 0 aliphatic heterocycles. The van der Waals surface area contributed by atoms with E-state index >= 15 is 0 Å². The van der Waals surface area contributed by atoms with Crippen LogP contribution in [0.2, 0.25) is 0 Å².